The van der Waals surface area contributed by atoms with Gasteiger partial charge < -0.3 is 4.84 Å². The summed E-state index contributed by atoms with van der Waals surface area (Å²) in [7, 11) is 0. The fraction of sp³-hybridized carbons (Fsp3) is 0.250. The maximum Gasteiger partial charge on any atom is 0.173 e. The van der Waals surface area contributed by atoms with E-state index < -0.39 is 0 Å². The first-order valence-electron chi connectivity index (χ1n) is 2.18. The van der Waals surface area contributed by atoms with Crippen molar-refractivity contribution in [2.24, 2.45) is 5.21 Å². The van der Waals surface area contributed by atoms with Gasteiger partial charge in [-0.3, -0.25) is 0 Å². The zero-order valence-electron chi connectivity index (χ0n) is 4.10. The van der Waals surface area contributed by atoms with Crippen molar-refractivity contribution < 1.29 is 9.32 Å². The van der Waals surface area contributed by atoms with Crippen LogP contribution < -0.4 is 5.48 Å². The highest BCUT2D eigenvalue weighted by molar-refractivity contribution is 5.82. The van der Waals surface area contributed by atoms with Gasteiger partial charge in [0.25, 0.3) is 0 Å². The van der Waals surface area contributed by atoms with Crippen LogP contribution in [0.1, 0.15) is 6.42 Å². The molecule has 1 aliphatic heterocycles. The molecular weight excluding hydrogens is 111 g/mol. The Balaban J connectivity index is 2.50. The zero-order valence-corrected chi connectivity index (χ0v) is 4.10. The van der Waals surface area contributed by atoms with E-state index in [2.05, 4.69) is 15.5 Å². The van der Waals surface area contributed by atoms with E-state index in [1.807, 2.05) is 0 Å². The van der Waals surface area contributed by atoms with Crippen LogP contribution >= 0.6 is 0 Å². The van der Waals surface area contributed by atoms with E-state index in [9.17, 15) is 4.48 Å². The zero-order chi connectivity index (χ0) is 5.82. The summed E-state index contributed by atoms with van der Waals surface area (Å²) in [6, 6.07) is 0. The molecule has 1 heterocycles. The fourth-order valence-electron chi connectivity index (χ4n) is 0.403. The Kier molecular flexibility index (Phi) is 1.46. The summed E-state index contributed by atoms with van der Waals surface area (Å²) in [6.07, 6.45) is 3.57. The molecular formula is C4H5FN2O. The van der Waals surface area contributed by atoms with Gasteiger partial charge in [0.15, 0.2) is 5.84 Å². The Morgan fingerprint density at radius 3 is 3.12 bits per heavy atom. The van der Waals surface area contributed by atoms with E-state index in [-0.39, 0.29) is 5.84 Å². The normalized spacial score (nSPS) is 22.4. The minimum atomic E-state index is 0.201. The number of hydrogen-bond donors (Lipinski definition) is 1. The van der Waals surface area contributed by atoms with Crippen LogP contribution in [0, 0.1) is 0 Å². The lowest BCUT2D eigenvalue weighted by Crippen LogP contribution is -2.23. The third kappa shape index (κ3) is 0.959. The molecule has 0 saturated carbocycles. The van der Waals surface area contributed by atoms with E-state index in [0.717, 1.165) is 0 Å². The van der Waals surface area contributed by atoms with Crippen molar-refractivity contribution in [2.45, 2.75) is 6.42 Å². The predicted molar refractivity (Wildman–Crippen MR) is 26.5 cm³/mol. The highest BCUT2D eigenvalue weighted by Gasteiger charge is 1.98. The number of halogens is 1. The number of hydrogen-bond acceptors (Lipinski definition) is 2. The summed E-state index contributed by atoms with van der Waals surface area (Å²) in [5.74, 6) is 0.201. The summed E-state index contributed by atoms with van der Waals surface area (Å²) in [5.41, 5.74) is 2.26. The van der Waals surface area contributed by atoms with Crippen LogP contribution in [0.25, 0.3) is 0 Å². The predicted octanol–water partition coefficient (Wildman–Crippen LogP) is 0.708. The maximum absolute atomic E-state index is 11.3. The Morgan fingerprint density at radius 1 is 1.88 bits per heavy atom. The monoisotopic (exact) mass is 116 g/mol. The van der Waals surface area contributed by atoms with Gasteiger partial charge in [-0.2, -0.15) is 0 Å². The molecule has 0 bridgehead atoms. The van der Waals surface area contributed by atoms with Crippen LogP contribution in [0.4, 0.5) is 4.48 Å². The van der Waals surface area contributed by atoms with Gasteiger partial charge in [0, 0.05) is 6.42 Å². The van der Waals surface area contributed by atoms with Gasteiger partial charge in [-0.1, -0.05) is 9.70 Å². The van der Waals surface area contributed by atoms with Crippen molar-refractivity contribution in [3.63, 3.8) is 0 Å². The minimum Gasteiger partial charge on any atom is -0.389 e. The van der Waals surface area contributed by atoms with Crippen LogP contribution in [0.3, 0.4) is 0 Å². The molecule has 0 atom stereocenters. The molecule has 44 valence electrons. The topological polar surface area (TPSA) is 33.6 Å². The summed E-state index contributed by atoms with van der Waals surface area (Å²) in [5, 5.41) is 2.38. The van der Waals surface area contributed by atoms with Crippen molar-refractivity contribution in [2.75, 3.05) is 0 Å². The number of rotatable bonds is 0. The lowest BCUT2D eigenvalue weighted by atomic mass is 10.4. The molecule has 0 fully saturated rings. The Morgan fingerprint density at radius 2 is 2.75 bits per heavy atom. The third-order valence-electron chi connectivity index (χ3n) is 0.754. The SMILES string of the molecule is FN=C1CC=CON1. The second kappa shape index (κ2) is 2.30. The van der Waals surface area contributed by atoms with E-state index in [4.69, 9.17) is 0 Å². The quantitative estimate of drug-likeness (QED) is 0.505. The summed E-state index contributed by atoms with van der Waals surface area (Å²) >= 11 is 0. The summed E-state index contributed by atoms with van der Waals surface area (Å²) < 4.78 is 11.3. The first kappa shape index (κ1) is 5.08. The highest BCUT2D eigenvalue weighted by atomic mass is 19.2. The average molecular weight is 116 g/mol. The molecule has 3 nitrogen and oxygen atoms in total. The third-order valence-corrected chi connectivity index (χ3v) is 0.754. The minimum absolute atomic E-state index is 0.201. The lowest BCUT2D eigenvalue weighted by Gasteiger charge is -2.06. The molecule has 1 N–H and O–H groups in total. The molecule has 8 heavy (non-hydrogen) atoms. The number of nitrogens with zero attached hydrogens (tertiary/aromatic N) is 1. The van der Waals surface area contributed by atoms with Gasteiger partial charge in [-0.15, -0.1) is 0 Å². The Hall–Kier alpha value is -1.06. The maximum atomic E-state index is 11.3. The molecule has 0 radical (unpaired) electrons. The van der Waals surface area contributed by atoms with Gasteiger partial charge in [-0.25, -0.2) is 5.48 Å². The Labute approximate surface area is 45.8 Å². The number of amidine groups is 1. The van der Waals surface area contributed by atoms with Crippen molar-refractivity contribution in [1.82, 2.24) is 5.48 Å². The van der Waals surface area contributed by atoms with Crippen LogP contribution in [0.2, 0.25) is 0 Å². The van der Waals surface area contributed by atoms with E-state index in [1.54, 1.807) is 6.08 Å². The number of nitrogens with one attached hydrogen (secondary N) is 1. The highest BCUT2D eigenvalue weighted by Crippen LogP contribution is 1.93. The first-order valence-corrected chi connectivity index (χ1v) is 2.18. The van der Waals surface area contributed by atoms with Crippen LogP contribution in [-0.4, -0.2) is 5.84 Å². The second-order valence-corrected chi connectivity index (χ2v) is 1.33. The van der Waals surface area contributed by atoms with Gasteiger partial charge in [0.05, 0.1) is 0 Å². The molecule has 0 saturated heterocycles. The lowest BCUT2D eigenvalue weighted by molar-refractivity contribution is 0.182. The molecule has 1 aliphatic rings. The Bertz CT molecular complexity index is 132. The van der Waals surface area contributed by atoms with Gasteiger partial charge in [-0.05, 0) is 6.08 Å². The molecule has 0 aromatic rings. The molecule has 0 amide bonds. The largest absolute Gasteiger partial charge is 0.389 e. The van der Waals surface area contributed by atoms with Crippen molar-refractivity contribution >= 4 is 5.84 Å². The molecule has 0 unspecified atom stereocenters. The van der Waals surface area contributed by atoms with Crippen molar-refractivity contribution in [3.8, 4) is 0 Å². The van der Waals surface area contributed by atoms with Crippen molar-refractivity contribution in [3.05, 3.63) is 12.3 Å². The first-order chi connectivity index (χ1) is 3.93. The number of hydroxylamine groups is 1. The molecule has 4 heteroatoms. The summed E-state index contributed by atoms with van der Waals surface area (Å²) in [6.45, 7) is 0. The molecule has 0 spiro atoms. The summed E-state index contributed by atoms with van der Waals surface area (Å²) in [4.78, 5) is 4.47. The second-order valence-electron chi connectivity index (χ2n) is 1.33. The van der Waals surface area contributed by atoms with Crippen LogP contribution in [0.15, 0.2) is 17.6 Å². The molecule has 0 aliphatic carbocycles. The van der Waals surface area contributed by atoms with Gasteiger partial charge in [0.2, 0.25) is 0 Å². The smallest absolute Gasteiger partial charge is 0.173 e. The van der Waals surface area contributed by atoms with Gasteiger partial charge in [0.1, 0.15) is 6.26 Å². The van der Waals surface area contributed by atoms with E-state index in [1.165, 1.54) is 6.26 Å². The fourth-order valence-corrected chi connectivity index (χ4v) is 0.403. The molecule has 1 rings (SSSR count). The molecule has 0 aromatic carbocycles. The average Bonchev–Trinajstić information content (AvgIpc) is 1.90. The van der Waals surface area contributed by atoms with E-state index >= 15 is 0 Å². The van der Waals surface area contributed by atoms with Gasteiger partial charge >= 0.3 is 0 Å². The molecule has 0 aromatic heterocycles. The standard InChI is InChI=1S/C4H5FN2O/c5-6-4-2-1-3-8-7-4/h1,3H,2H2,(H,6,7). The van der Waals surface area contributed by atoms with Crippen molar-refractivity contribution in [1.29, 1.82) is 0 Å². The van der Waals surface area contributed by atoms with E-state index in [0.29, 0.717) is 6.42 Å². The van der Waals surface area contributed by atoms with Crippen LogP contribution in [-0.2, 0) is 4.84 Å². The van der Waals surface area contributed by atoms with Crippen LogP contribution in [0.5, 0.6) is 0 Å².